The van der Waals surface area contributed by atoms with Gasteiger partial charge in [0.15, 0.2) is 0 Å². The molecule has 2 rings (SSSR count). The van der Waals surface area contributed by atoms with E-state index in [0.29, 0.717) is 6.04 Å². The maximum absolute atomic E-state index is 4.28. The standard InChI is InChI=1S/C13H23N3/c1-3-16-10-13(9-15-16)8-14-11(2)7-12-5-4-6-12/h9-12,14H,3-8H2,1-2H3. The molecule has 3 heteroatoms. The van der Waals surface area contributed by atoms with Gasteiger partial charge >= 0.3 is 0 Å². The van der Waals surface area contributed by atoms with Crippen molar-refractivity contribution in [3.63, 3.8) is 0 Å². The van der Waals surface area contributed by atoms with E-state index in [9.17, 15) is 0 Å². The van der Waals surface area contributed by atoms with Gasteiger partial charge in [0.1, 0.15) is 0 Å². The van der Waals surface area contributed by atoms with Crippen LogP contribution in [0.3, 0.4) is 0 Å². The summed E-state index contributed by atoms with van der Waals surface area (Å²) in [6.07, 6.45) is 9.76. The van der Waals surface area contributed by atoms with Crippen LogP contribution in [0.25, 0.3) is 0 Å². The Hall–Kier alpha value is -0.830. The highest BCUT2D eigenvalue weighted by atomic mass is 15.3. The molecule has 0 aromatic carbocycles. The van der Waals surface area contributed by atoms with Crippen LogP contribution in [0.4, 0.5) is 0 Å². The van der Waals surface area contributed by atoms with Crippen molar-refractivity contribution in [3.05, 3.63) is 18.0 Å². The van der Waals surface area contributed by atoms with Crippen LogP contribution in [-0.2, 0) is 13.1 Å². The number of nitrogens with one attached hydrogen (secondary N) is 1. The van der Waals surface area contributed by atoms with Gasteiger partial charge in [0.25, 0.3) is 0 Å². The van der Waals surface area contributed by atoms with Gasteiger partial charge in [-0.25, -0.2) is 0 Å². The Kier molecular flexibility index (Phi) is 3.99. The van der Waals surface area contributed by atoms with E-state index in [1.54, 1.807) is 0 Å². The average Bonchev–Trinajstić information content (AvgIpc) is 2.68. The highest BCUT2D eigenvalue weighted by Crippen LogP contribution is 2.30. The lowest BCUT2D eigenvalue weighted by Gasteiger charge is -2.28. The number of aryl methyl sites for hydroxylation is 1. The summed E-state index contributed by atoms with van der Waals surface area (Å²) < 4.78 is 1.98. The molecule has 1 fully saturated rings. The summed E-state index contributed by atoms with van der Waals surface area (Å²) >= 11 is 0. The maximum atomic E-state index is 4.28. The van der Waals surface area contributed by atoms with Crippen LogP contribution >= 0.6 is 0 Å². The van der Waals surface area contributed by atoms with Gasteiger partial charge in [-0.05, 0) is 26.2 Å². The highest BCUT2D eigenvalue weighted by Gasteiger charge is 2.19. The van der Waals surface area contributed by atoms with Crippen molar-refractivity contribution in [1.29, 1.82) is 0 Å². The normalized spacial score (nSPS) is 18.4. The molecule has 0 radical (unpaired) electrons. The van der Waals surface area contributed by atoms with E-state index >= 15 is 0 Å². The zero-order chi connectivity index (χ0) is 11.4. The van der Waals surface area contributed by atoms with Crippen molar-refractivity contribution < 1.29 is 0 Å². The minimum Gasteiger partial charge on any atom is -0.310 e. The quantitative estimate of drug-likeness (QED) is 0.800. The highest BCUT2D eigenvalue weighted by molar-refractivity contribution is 5.03. The molecule has 1 N–H and O–H groups in total. The third kappa shape index (κ3) is 3.08. The first-order chi connectivity index (χ1) is 7.78. The fourth-order valence-electron chi connectivity index (χ4n) is 2.27. The zero-order valence-corrected chi connectivity index (χ0v) is 10.4. The molecule has 1 aromatic heterocycles. The second kappa shape index (κ2) is 5.48. The molecule has 1 saturated carbocycles. The van der Waals surface area contributed by atoms with Crippen molar-refractivity contribution in [1.82, 2.24) is 15.1 Å². The molecule has 1 atom stereocenters. The summed E-state index contributed by atoms with van der Waals surface area (Å²) in [7, 11) is 0. The monoisotopic (exact) mass is 221 g/mol. The number of nitrogens with zero attached hydrogens (tertiary/aromatic N) is 2. The van der Waals surface area contributed by atoms with E-state index in [1.165, 1.54) is 31.2 Å². The van der Waals surface area contributed by atoms with E-state index in [2.05, 4.69) is 30.5 Å². The van der Waals surface area contributed by atoms with Crippen LogP contribution in [0.2, 0.25) is 0 Å². The first-order valence-electron chi connectivity index (χ1n) is 6.52. The smallest absolute Gasteiger partial charge is 0.0534 e. The van der Waals surface area contributed by atoms with E-state index in [1.807, 2.05) is 10.9 Å². The van der Waals surface area contributed by atoms with Gasteiger partial charge in [0.2, 0.25) is 0 Å². The molecule has 0 saturated heterocycles. The van der Waals surface area contributed by atoms with Crippen LogP contribution in [-0.4, -0.2) is 15.8 Å². The lowest BCUT2D eigenvalue weighted by Crippen LogP contribution is -2.29. The van der Waals surface area contributed by atoms with Crippen molar-refractivity contribution in [2.24, 2.45) is 5.92 Å². The van der Waals surface area contributed by atoms with Crippen LogP contribution in [0.15, 0.2) is 12.4 Å². The zero-order valence-electron chi connectivity index (χ0n) is 10.4. The second-order valence-electron chi connectivity index (χ2n) is 5.02. The summed E-state index contributed by atoms with van der Waals surface area (Å²) in [5.41, 5.74) is 1.29. The molecule has 90 valence electrons. The molecular weight excluding hydrogens is 198 g/mol. The van der Waals surface area contributed by atoms with Gasteiger partial charge < -0.3 is 5.32 Å². The van der Waals surface area contributed by atoms with Crippen molar-refractivity contribution in [2.45, 2.75) is 58.7 Å². The molecule has 1 heterocycles. The van der Waals surface area contributed by atoms with E-state index < -0.39 is 0 Å². The van der Waals surface area contributed by atoms with Gasteiger partial charge in [-0.3, -0.25) is 4.68 Å². The van der Waals surface area contributed by atoms with E-state index in [-0.39, 0.29) is 0 Å². The topological polar surface area (TPSA) is 29.9 Å². The van der Waals surface area contributed by atoms with Crippen molar-refractivity contribution in [3.8, 4) is 0 Å². The Morgan fingerprint density at radius 1 is 1.56 bits per heavy atom. The largest absolute Gasteiger partial charge is 0.310 e. The lowest BCUT2D eigenvalue weighted by molar-refractivity contribution is 0.265. The van der Waals surface area contributed by atoms with Gasteiger partial charge in [-0.15, -0.1) is 0 Å². The number of rotatable bonds is 6. The molecule has 0 bridgehead atoms. The Morgan fingerprint density at radius 2 is 2.38 bits per heavy atom. The molecule has 0 aliphatic heterocycles. The molecule has 1 aliphatic carbocycles. The first-order valence-corrected chi connectivity index (χ1v) is 6.52. The summed E-state index contributed by atoms with van der Waals surface area (Å²) in [6, 6.07) is 0.635. The Balaban J connectivity index is 1.69. The third-order valence-electron chi connectivity index (χ3n) is 3.58. The van der Waals surface area contributed by atoms with Gasteiger partial charge in [0.05, 0.1) is 6.20 Å². The fraction of sp³-hybridized carbons (Fsp3) is 0.769. The molecule has 0 spiro atoms. The molecule has 16 heavy (non-hydrogen) atoms. The summed E-state index contributed by atoms with van der Waals surface area (Å²) in [5.74, 6) is 0.987. The minimum atomic E-state index is 0.635. The third-order valence-corrected chi connectivity index (χ3v) is 3.58. The second-order valence-corrected chi connectivity index (χ2v) is 5.02. The fourth-order valence-corrected chi connectivity index (χ4v) is 2.27. The molecule has 1 aliphatic rings. The molecule has 1 unspecified atom stereocenters. The first kappa shape index (κ1) is 11.6. The van der Waals surface area contributed by atoms with Crippen LogP contribution in [0, 0.1) is 5.92 Å². The predicted molar refractivity (Wildman–Crippen MR) is 66.2 cm³/mol. The Bertz CT molecular complexity index is 315. The van der Waals surface area contributed by atoms with Gasteiger partial charge in [-0.2, -0.15) is 5.10 Å². The average molecular weight is 221 g/mol. The van der Waals surface area contributed by atoms with Crippen molar-refractivity contribution >= 4 is 0 Å². The maximum Gasteiger partial charge on any atom is 0.0534 e. The summed E-state index contributed by atoms with van der Waals surface area (Å²) in [6.45, 7) is 6.32. The molecule has 3 nitrogen and oxygen atoms in total. The molecule has 0 amide bonds. The Labute approximate surface area is 98.2 Å². The number of aromatic nitrogens is 2. The summed E-state index contributed by atoms with van der Waals surface area (Å²) in [4.78, 5) is 0. The summed E-state index contributed by atoms with van der Waals surface area (Å²) in [5, 5.41) is 7.86. The molecule has 1 aromatic rings. The van der Waals surface area contributed by atoms with Crippen LogP contribution in [0.5, 0.6) is 0 Å². The predicted octanol–water partition coefficient (Wildman–Crippen LogP) is 2.57. The van der Waals surface area contributed by atoms with Crippen LogP contribution in [0.1, 0.15) is 45.1 Å². The van der Waals surface area contributed by atoms with Crippen LogP contribution < -0.4 is 5.32 Å². The Morgan fingerprint density at radius 3 is 2.94 bits per heavy atom. The lowest BCUT2D eigenvalue weighted by atomic mass is 9.81. The molecular formula is C13H23N3. The number of hydrogen-bond donors (Lipinski definition) is 1. The SMILES string of the molecule is CCn1cc(CNC(C)CC2CCC2)cn1. The van der Waals surface area contributed by atoms with E-state index in [0.717, 1.165) is 19.0 Å². The van der Waals surface area contributed by atoms with E-state index in [4.69, 9.17) is 0 Å². The van der Waals surface area contributed by atoms with Crippen molar-refractivity contribution in [2.75, 3.05) is 0 Å². The van der Waals surface area contributed by atoms with Gasteiger partial charge in [0, 0.05) is 30.9 Å². The number of hydrogen-bond acceptors (Lipinski definition) is 2. The minimum absolute atomic E-state index is 0.635. The van der Waals surface area contributed by atoms with Gasteiger partial charge in [-0.1, -0.05) is 19.3 Å².